The highest BCUT2D eigenvalue weighted by atomic mass is 35.5. The van der Waals surface area contributed by atoms with E-state index in [0.717, 1.165) is 5.39 Å². The molecule has 7 heteroatoms. The van der Waals surface area contributed by atoms with Crippen LogP contribution in [0.5, 0.6) is 0 Å². The van der Waals surface area contributed by atoms with Crippen LogP contribution in [0.25, 0.3) is 10.8 Å². The van der Waals surface area contributed by atoms with Gasteiger partial charge in [-0.05, 0) is 17.5 Å². The topological polar surface area (TPSA) is 72.2 Å². The Morgan fingerprint density at radius 1 is 1.10 bits per heavy atom. The maximum absolute atomic E-state index is 12.4. The second-order valence-corrected chi connectivity index (χ2v) is 6.14. The monoisotopic (exact) mass is 308 g/mol. The van der Waals surface area contributed by atoms with Gasteiger partial charge in [-0.25, -0.2) is 8.42 Å². The predicted octanol–water partition coefficient (Wildman–Crippen LogP) is 3.28. The molecule has 0 saturated heterocycles. The van der Waals surface area contributed by atoms with Gasteiger partial charge in [0.25, 0.3) is 10.0 Å². The summed E-state index contributed by atoms with van der Waals surface area (Å²) in [5, 5.41) is 5.14. The second kappa shape index (κ2) is 4.81. The number of fused-ring (bicyclic) bond motifs is 1. The Balaban J connectivity index is 2.19. The van der Waals surface area contributed by atoms with Crippen LogP contribution in [-0.2, 0) is 10.0 Å². The van der Waals surface area contributed by atoms with Crippen molar-refractivity contribution in [3.05, 3.63) is 53.8 Å². The van der Waals surface area contributed by atoms with E-state index < -0.39 is 10.0 Å². The van der Waals surface area contributed by atoms with E-state index in [4.69, 9.17) is 11.6 Å². The van der Waals surface area contributed by atoms with Crippen LogP contribution in [-0.4, -0.2) is 13.6 Å². The van der Waals surface area contributed by atoms with Crippen molar-refractivity contribution in [2.24, 2.45) is 0 Å². The molecule has 0 unspecified atom stereocenters. The van der Waals surface area contributed by atoms with Crippen molar-refractivity contribution in [2.75, 3.05) is 4.72 Å². The van der Waals surface area contributed by atoms with Crippen LogP contribution in [0.3, 0.4) is 0 Å². The Labute approximate surface area is 120 Å². The molecule has 0 atom stereocenters. The van der Waals surface area contributed by atoms with Crippen molar-refractivity contribution in [1.82, 2.24) is 5.16 Å². The van der Waals surface area contributed by atoms with Crippen LogP contribution in [0.15, 0.2) is 58.1 Å². The van der Waals surface area contributed by atoms with Gasteiger partial charge in [-0.15, -0.1) is 0 Å². The molecule has 2 aromatic carbocycles. The number of halogens is 1. The van der Waals surface area contributed by atoms with Gasteiger partial charge in [0, 0.05) is 16.5 Å². The summed E-state index contributed by atoms with van der Waals surface area (Å²) in [6, 6.07) is 11.6. The lowest BCUT2D eigenvalue weighted by molar-refractivity contribution is 0.423. The molecule has 0 spiro atoms. The quantitative estimate of drug-likeness (QED) is 0.806. The molecule has 3 rings (SSSR count). The molecule has 5 nitrogen and oxygen atoms in total. The van der Waals surface area contributed by atoms with Crippen LogP contribution in [0, 0.1) is 0 Å². The molecule has 0 saturated carbocycles. The molecule has 1 aromatic heterocycles. The van der Waals surface area contributed by atoms with Crippen molar-refractivity contribution < 1.29 is 12.9 Å². The zero-order valence-corrected chi connectivity index (χ0v) is 11.6. The van der Waals surface area contributed by atoms with E-state index in [1.807, 2.05) is 0 Å². The normalized spacial score (nSPS) is 11.7. The Hall–Kier alpha value is -2.05. The van der Waals surface area contributed by atoms with Crippen LogP contribution in [0.4, 0.5) is 5.82 Å². The standard InChI is InChI=1S/C13H9ClN2O3S/c14-10-5-1-3-9-4-2-6-11(13(9)10)20(17,18)16-12-7-8-19-15-12/h1-8H,(H,15,16). The maximum Gasteiger partial charge on any atom is 0.263 e. The summed E-state index contributed by atoms with van der Waals surface area (Å²) in [5.41, 5.74) is 0. The van der Waals surface area contributed by atoms with E-state index in [9.17, 15) is 8.42 Å². The van der Waals surface area contributed by atoms with Crippen LogP contribution >= 0.6 is 11.6 Å². The number of hydrogen-bond donors (Lipinski definition) is 1. The van der Waals surface area contributed by atoms with Crippen molar-refractivity contribution >= 4 is 38.2 Å². The van der Waals surface area contributed by atoms with Crippen LogP contribution < -0.4 is 4.72 Å². The molecule has 0 radical (unpaired) electrons. The fraction of sp³-hybridized carbons (Fsp3) is 0. The highest BCUT2D eigenvalue weighted by Gasteiger charge is 2.19. The maximum atomic E-state index is 12.4. The summed E-state index contributed by atoms with van der Waals surface area (Å²) >= 11 is 6.12. The summed E-state index contributed by atoms with van der Waals surface area (Å²) < 4.78 is 31.8. The molecule has 20 heavy (non-hydrogen) atoms. The minimum absolute atomic E-state index is 0.101. The highest BCUT2D eigenvalue weighted by molar-refractivity contribution is 7.93. The number of sulfonamides is 1. The summed E-state index contributed by atoms with van der Waals surface area (Å²) in [5.74, 6) is 0.119. The van der Waals surface area contributed by atoms with E-state index in [-0.39, 0.29) is 10.7 Å². The van der Waals surface area contributed by atoms with Gasteiger partial charge >= 0.3 is 0 Å². The van der Waals surface area contributed by atoms with E-state index in [1.165, 1.54) is 18.4 Å². The first-order valence-corrected chi connectivity index (χ1v) is 7.54. The third-order valence-electron chi connectivity index (χ3n) is 2.78. The van der Waals surface area contributed by atoms with Gasteiger partial charge in [-0.1, -0.05) is 41.0 Å². The van der Waals surface area contributed by atoms with Gasteiger partial charge in [0.05, 0.1) is 4.90 Å². The second-order valence-electron chi connectivity index (χ2n) is 4.08. The fourth-order valence-electron chi connectivity index (χ4n) is 1.94. The lowest BCUT2D eigenvalue weighted by Gasteiger charge is -2.09. The highest BCUT2D eigenvalue weighted by Crippen LogP contribution is 2.30. The molecule has 0 aliphatic heterocycles. The van der Waals surface area contributed by atoms with Gasteiger partial charge in [0.2, 0.25) is 0 Å². The van der Waals surface area contributed by atoms with E-state index in [1.54, 1.807) is 30.3 Å². The van der Waals surface area contributed by atoms with E-state index in [2.05, 4.69) is 14.4 Å². The Morgan fingerprint density at radius 3 is 2.55 bits per heavy atom. The van der Waals surface area contributed by atoms with Crippen molar-refractivity contribution in [3.8, 4) is 0 Å². The Morgan fingerprint density at radius 2 is 1.85 bits per heavy atom. The Bertz CT molecular complexity index is 855. The lowest BCUT2D eigenvalue weighted by Crippen LogP contribution is -2.13. The summed E-state index contributed by atoms with van der Waals surface area (Å²) in [6.45, 7) is 0. The first-order chi connectivity index (χ1) is 9.58. The molecule has 3 aromatic rings. The first-order valence-electron chi connectivity index (χ1n) is 5.68. The Kier molecular flexibility index (Phi) is 3.11. The molecule has 1 N–H and O–H groups in total. The molecule has 0 aliphatic carbocycles. The summed E-state index contributed by atoms with van der Waals surface area (Å²) in [4.78, 5) is 0.101. The average molecular weight is 309 g/mol. The number of nitrogens with one attached hydrogen (secondary N) is 1. The molecule has 0 fully saturated rings. The lowest BCUT2D eigenvalue weighted by atomic mass is 10.1. The predicted molar refractivity (Wildman–Crippen MR) is 76.3 cm³/mol. The number of aromatic nitrogens is 1. The number of benzene rings is 2. The van der Waals surface area contributed by atoms with Gasteiger partial charge in [-0.3, -0.25) is 4.72 Å². The third kappa shape index (κ3) is 2.23. The van der Waals surface area contributed by atoms with Gasteiger partial charge in [0.1, 0.15) is 6.26 Å². The number of anilines is 1. The summed E-state index contributed by atoms with van der Waals surface area (Å²) in [6.07, 6.45) is 1.29. The smallest absolute Gasteiger partial charge is 0.263 e. The van der Waals surface area contributed by atoms with Crippen LogP contribution in [0.1, 0.15) is 0 Å². The van der Waals surface area contributed by atoms with Gasteiger partial charge in [0.15, 0.2) is 5.82 Å². The number of nitrogens with zero attached hydrogens (tertiary/aromatic N) is 1. The zero-order chi connectivity index (χ0) is 14.2. The number of rotatable bonds is 3. The average Bonchev–Trinajstić information content (AvgIpc) is 2.90. The van der Waals surface area contributed by atoms with Crippen molar-refractivity contribution in [2.45, 2.75) is 4.90 Å². The molecule has 0 aliphatic rings. The third-order valence-corrected chi connectivity index (χ3v) is 4.49. The first kappa shape index (κ1) is 13.0. The minimum Gasteiger partial charge on any atom is -0.363 e. The van der Waals surface area contributed by atoms with Crippen molar-refractivity contribution in [1.29, 1.82) is 0 Å². The molecule has 0 amide bonds. The SMILES string of the molecule is O=S(=O)(Nc1ccon1)c1cccc2cccc(Cl)c12. The minimum atomic E-state index is -3.79. The van der Waals surface area contributed by atoms with Crippen molar-refractivity contribution in [3.63, 3.8) is 0 Å². The van der Waals surface area contributed by atoms with Gasteiger partial charge < -0.3 is 4.52 Å². The molecule has 1 heterocycles. The fourth-order valence-corrected chi connectivity index (χ4v) is 3.53. The van der Waals surface area contributed by atoms with E-state index in [0.29, 0.717) is 10.4 Å². The largest absolute Gasteiger partial charge is 0.363 e. The molecular weight excluding hydrogens is 300 g/mol. The summed E-state index contributed by atoms with van der Waals surface area (Å²) in [7, 11) is -3.79. The molecule has 102 valence electrons. The molecular formula is C13H9ClN2O3S. The number of hydrogen-bond acceptors (Lipinski definition) is 4. The van der Waals surface area contributed by atoms with Crippen LogP contribution in [0.2, 0.25) is 5.02 Å². The zero-order valence-electron chi connectivity index (χ0n) is 10.1. The van der Waals surface area contributed by atoms with Gasteiger partial charge in [-0.2, -0.15) is 0 Å². The molecule has 0 bridgehead atoms. The van der Waals surface area contributed by atoms with E-state index >= 15 is 0 Å².